The van der Waals surface area contributed by atoms with Crippen LogP contribution >= 0.6 is 11.8 Å². The number of ether oxygens (including phenoxy) is 3. The Labute approximate surface area is 246 Å². The Morgan fingerprint density at radius 3 is 2.49 bits per heavy atom. The lowest BCUT2D eigenvalue weighted by Gasteiger charge is -2.32. The van der Waals surface area contributed by atoms with E-state index in [1.165, 1.54) is 44.2 Å². The van der Waals surface area contributed by atoms with Crippen LogP contribution in [0.2, 0.25) is 0 Å². The highest BCUT2D eigenvalue weighted by Gasteiger charge is 2.45. The molecule has 3 aliphatic rings. The Kier molecular flexibility index (Phi) is 7.39. The number of nitrogens with zero attached hydrogens (tertiary/aromatic N) is 4. The van der Waals surface area contributed by atoms with E-state index in [0.29, 0.717) is 12.6 Å². The van der Waals surface area contributed by atoms with E-state index in [2.05, 4.69) is 65.3 Å². The highest BCUT2D eigenvalue weighted by atomic mass is 32.2. The minimum atomic E-state index is 0.151. The Hall–Kier alpha value is -3.07. The maximum atomic E-state index is 6.54. The summed E-state index contributed by atoms with van der Waals surface area (Å²) in [6, 6.07) is 17.6. The molecule has 3 fully saturated rings. The van der Waals surface area contributed by atoms with Gasteiger partial charge in [0.05, 0.1) is 11.1 Å². The molecule has 8 heteroatoms. The van der Waals surface area contributed by atoms with Gasteiger partial charge in [0.25, 0.3) is 0 Å². The largest absolute Gasteiger partial charge is 0.468 e. The molecule has 3 aliphatic heterocycles. The zero-order valence-corrected chi connectivity index (χ0v) is 24.8. The third-order valence-electron chi connectivity index (χ3n) is 9.14. The van der Waals surface area contributed by atoms with Gasteiger partial charge >= 0.3 is 6.01 Å². The predicted octanol–water partition coefficient (Wildman–Crippen LogP) is 6.30. The van der Waals surface area contributed by atoms with E-state index in [0.717, 1.165) is 69.1 Å². The van der Waals surface area contributed by atoms with Gasteiger partial charge in [-0.15, -0.1) is 0 Å². The van der Waals surface area contributed by atoms with Gasteiger partial charge in [0.2, 0.25) is 0 Å². The summed E-state index contributed by atoms with van der Waals surface area (Å²) >= 11 is 2.01. The molecular weight excluding hydrogens is 532 g/mol. The van der Waals surface area contributed by atoms with E-state index in [9.17, 15) is 0 Å². The molecular formula is C33H38N4O3S. The van der Waals surface area contributed by atoms with Crippen molar-refractivity contribution in [3.05, 3.63) is 54.1 Å². The molecule has 0 unspecified atom stereocenters. The number of anilines is 1. The Bertz CT molecular complexity index is 1560. The van der Waals surface area contributed by atoms with Gasteiger partial charge in [-0.25, -0.2) is 0 Å². The second-order valence-electron chi connectivity index (χ2n) is 11.5. The topological polar surface area (TPSA) is 60.0 Å². The summed E-state index contributed by atoms with van der Waals surface area (Å²) < 4.78 is 17.6. The van der Waals surface area contributed by atoms with Gasteiger partial charge in [0.1, 0.15) is 18.2 Å². The molecule has 7 nitrogen and oxygen atoms in total. The summed E-state index contributed by atoms with van der Waals surface area (Å²) in [5.41, 5.74) is 4.49. The average molecular weight is 571 g/mol. The van der Waals surface area contributed by atoms with Gasteiger partial charge in [-0.05, 0) is 91.4 Å². The monoisotopic (exact) mass is 570 g/mol. The van der Waals surface area contributed by atoms with E-state index in [1.807, 2.05) is 11.8 Å². The van der Waals surface area contributed by atoms with Crippen LogP contribution in [-0.4, -0.2) is 78.6 Å². The van der Waals surface area contributed by atoms with Crippen LogP contribution in [0.25, 0.3) is 32.8 Å². The van der Waals surface area contributed by atoms with Crippen LogP contribution in [0.4, 0.5) is 5.82 Å². The second-order valence-corrected chi connectivity index (χ2v) is 12.7. The zero-order chi connectivity index (χ0) is 27.8. The van der Waals surface area contributed by atoms with Crippen molar-refractivity contribution < 1.29 is 14.2 Å². The lowest BCUT2D eigenvalue weighted by Crippen LogP contribution is -2.43. The first-order valence-electron chi connectivity index (χ1n) is 14.8. The maximum absolute atomic E-state index is 6.54. The van der Waals surface area contributed by atoms with Crippen LogP contribution in [0.15, 0.2) is 48.5 Å². The second kappa shape index (κ2) is 11.3. The molecule has 7 rings (SSSR count). The smallest absolute Gasteiger partial charge is 0.319 e. The SMILES string of the molecule is COCOc1cc(-c2ccc3c(N4CCSCC4)nc(OCC45CCCN4CCC5)nc3c2C)c2ccccc2c1. The van der Waals surface area contributed by atoms with Crippen LogP contribution < -0.4 is 14.4 Å². The molecule has 0 saturated carbocycles. The Morgan fingerprint density at radius 1 is 0.878 bits per heavy atom. The Morgan fingerprint density at radius 2 is 1.68 bits per heavy atom. The summed E-state index contributed by atoms with van der Waals surface area (Å²) in [5, 5.41) is 3.40. The quantitative estimate of drug-likeness (QED) is 0.229. The molecule has 0 amide bonds. The summed E-state index contributed by atoms with van der Waals surface area (Å²) in [5.74, 6) is 4.00. The average Bonchev–Trinajstić information content (AvgIpc) is 3.60. The van der Waals surface area contributed by atoms with Gasteiger partial charge in [0, 0.05) is 37.1 Å². The zero-order valence-electron chi connectivity index (χ0n) is 24.0. The van der Waals surface area contributed by atoms with Crippen molar-refractivity contribution in [3.8, 4) is 22.9 Å². The molecule has 41 heavy (non-hydrogen) atoms. The third-order valence-corrected chi connectivity index (χ3v) is 10.1. The van der Waals surface area contributed by atoms with Gasteiger partial charge in [-0.3, -0.25) is 4.90 Å². The lowest BCUT2D eigenvalue weighted by molar-refractivity contribution is 0.0512. The van der Waals surface area contributed by atoms with E-state index < -0.39 is 0 Å². The standard InChI is InChI=1S/C33H38N4O3S/c1-23-26(29-20-25(40-22-38-2)19-24-7-3-4-8-27(24)29)9-10-28-30(23)34-32(35-31(28)36-15-17-41-18-16-36)39-21-33-11-5-13-37(33)14-6-12-33/h3-4,7-10,19-20H,5-6,11-18,21-22H2,1-2H3. The number of hydrogen-bond donors (Lipinski definition) is 0. The molecule has 4 aromatic rings. The Balaban J connectivity index is 1.34. The maximum Gasteiger partial charge on any atom is 0.319 e. The van der Waals surface area contributed by atoms with E-state index in [-0.39, 0.29) is 12.3 Å². The van der Waals surface area contributed by atoms with Gasteiger partial charge in [-0.1, -0.05) is 30.3 Å². The molecule has 4 heterocycles. The number of rotatable bonds is 8. The number of methoxy groups -OCH3 is 1. The number of thioether (sulfide) groups is 1. The molecule has 0 aliphatic carbocycles. The molecule has 1 aromatic heterocycles. The highest BCUT2D eigenvalue weighted by molar-refractivity contribution is 7.99. The minimum absolute atomic E-state index is 0.151. The van der Waals surface area contributed by atoms with E-state index >= 15 is 0 Å². The summed E-state index contributed by atoms with van der Waals surface area (Å²) in [7, 11) is 1.64. The van der Waals surface area contributed by atoms with Crippen LogP contribution in [0.1, 0.15) is 31.2 Å². The first-order valence-corrected chi connectivity index (χ1v) is 16.0. The molecule has 3 saturated heterocycles. The summed E-state index contributed by atoms with van der Waals surface area (Å²) in [4.78, 5) is 15.2. The van der Waals surface area contributed by atoms with Crippen LogP contribution in [0.3, 0.4) is 0 Å². The summed E-state index contributed by atoms with van der Waals surface area (Å²) in [6.45, 7) is 7.38. The molecule has 214 valence electrons. The van der Waals surface area contributed by atoms with Crippen molar-refractivity contribution in [2.24, 2.45) is 0 Å². The van der Waals surface area contributed by atoms with Crippen molar-refractivity contribution in [1.29, 1.82) is 0 Å². The number of hydrogen-bond acceptors (Lipinski definition) is 8. The van der Waals surface area contributed by atoms with Crippen LogP contribution in [0, 0.1) is 6.92 Å². The minimum Gasteiger partial charge on any atom is -0.468 e. The van der Waals surface area contributed by atoms with E-state index in [4.69, 9.17) is 24.2 Å². The lowest BCUT2D eigenvalue weighted by atomic mass is 9.93. The molecule has 0 atom stereocenters. The van der Waals surface area contributed by atoms with Crippen LogP contribution in [0.5, 0.6) is 11.8 Å². The van der Waals surface area contributed by atoms with Gasteiger partial charge < -0.3 is 19.1 Å². The summed E-state index contributed by atoms with van der Waals surface area (Å²) in [6.07, 6.45) is 4.91. The molecule has 0 radical (unpaired) electrons. The van der Waals surface area contributed by atoms with Crippen molar-refractivity contribution >= 4 is 39.3 Å². The van der Waals surface area contributed by atoms with Crippen LogP contribution in [-0.2, 0) is 4.74 Å². The normalized spacial score (nSPS) is 18.7. The molecule has 0 N–H and O–H groups in total. The van der Waals surface area contributed by atoms with Crippen molar-refractivity contribution in [2.45, 2.75) is 38.1 Å². The molecule has 0 bridgehead atoms. The first kappa shape index (κ1) is 26.8. The fourth-order valence-corrected chi connectivity index (χ4v) is 7.95. The predicted molar refractivity (Wildman–Crippen MR) is 168 cm³/mol. The van der Waals surface area contributed by atoms with Crippen molar-refractivity contribution in [3.63, 3.8) is 0 Å². The van der Waals surface area contributed by atoms with Crippen molar-refractivity contribution in [1.82, 2.24) is 14.9 Å². The molecule has 3 aromatic carbocycles. The number of aryl methyl sites for hydroxylation is 1. The first-order chi connectivity index (χ1) is 20.1. The number of fused-ring (bicyclic) bond motifs is 3. The van der Waals surface area contributed by atoms with Gasteiger partial charge in [0.15, 0.2) is 6.79 Å². The highest BCUT2D eigenvalue weighted by Crippen LogP contribution is 2.41. The number of aromatic nitrogens is 2. The molecule has 0 spiro atoms. The van der Waals surface area contributed by atoms with Crippen molar-refractivity contribution in [2.75, 3.05) is 63.1 Å². The third kappa shape index (κ3) is 5.00. The number of benzene rings is 3. The van der Waals surface area contributed by atoms with Gasteiger partial charge in [-0.2, -0.15) is 21.7 Å². The fourth-order valence-electron chi connectivity index (χ4n) is 7.04. The fraction of sp³-hybridized carbons (Fsp3) is 0.455. The van der Waals surface area contributed by atoms with E-state index in [1.54, 1.807) is 7.11 Å².